The second-order valence-corrected chi connectivity index (χ2v) is 2.16. The fourth-order valence-corrected chi connectivity index (χ4v) is 1.02. The van der Waals surface area contributed by atoms with Crippen LogP contribution in [-0.4, -0.2) is 0 Å². The Hall–Kier alpha value is -1.05. The number of fused-ring (bicyclic) bond motifs is 2. The normalized spacial score (nSPS) is 13.4. The fourth-order valence-electron chi connectivity index (χ4n) is 1.02. The molecule has 1 aromatic rings. The number of rotatable bonds is 0. The zero-order chi connectivity index (χ0) is 6.27. The molecule has 0 radical (unpaired) electrons. The van der Waals surface area contributed by atoms with Crippen molar-refractivity contribution in [3.05, 3.63) is 29.6 Å². The Kier molecular flexibility index (Phi) is 0.781. The van der Waals surface area contributed by atoms with Crippen molar-refractivity contribution in [1.82, 2.24) is 0 Å². The molecule has 1 N–H and O–H groups in total. The zero-order valence-electron chi connectivity index (χ0n) is 4.82. The summed E-state index contributed by atoms with van der Waals surface area (Å²) in [7, 11) is 0. The van der Waals surface area contributed by atoms with E-state index in [1.807, 2.05) is 6.07 Å². The summed E-state index contributed by atoms with van der Waals surface area (Å²) in [5, 5.41) is 3.03. The Morgan fingerprint density at radius 1 is 1.44 bits per heavy atom. The molecular weight excluding hydrogens is 117 g/mol. The van der Waals surface area contributed by atoms with E-state index in [4.69, 9.17) is 0 Å². The lowest BCUT2D eigenvalue weighted by atomic mass is 10.2. The van der Waals surface area contributed by atoms with Gasteiger partial charge < -0.3 is 5.32 Å². The number of anilines is 1. The lowest BCUT2D eigenvalue weighted by molar-refractivity contribution is 0.616. The maximum absolute atomic E-state index is 12.6. The molecular formula is C7H6FN. The van der Waals surface area contributed by atoms with Crippen molar-refractivity contribution in [3.63, 3.8) is 0 Å². The van der Waals surface area contributed by atoms with Gasteiger partial charge in [0.1, 0.15) is 5.82 Å². The van der Waals surface area contributed by atoms with Crippen molar-refractivity contribution in [2.45, 2.75) is 6.54 Å². The minimum atomic E-state index is -0.108. The average Bonchev–Trinajstić information content (AvgIpc) is 2.25. The third-order valence-electron chi connectivity index (χ3n) is 1.53. The molecule has 2 heteroatoms. The van der Waals surface area contributed by atoms with Crippen LogP contribution in [0.25, 0.3) is 0 Å². The maximum atomic E-state index is 12.6. The smallest absolute Gasteiger partial charge is 0.128 e. The molecule has 2 bridgehead atoms. The van der Waals surface area contributed by atoms with Crippen LogP contribution in [0.3, 0.4) is 0 Å². The first-order valence-electron chi connectivity index (χ1n) is 2.88. The number of hydrogen-bond donors (Lipinski definition) is 1. The van der Waals surface area contributed by atoms with Gasteiger partial charge in [-0.1, -0.05) is 0 Å². The minimum absolute atomic E-state index is 0.108. The summed E-state index contributed by atoms with van der Waals surface area (Å²) in [6.07, 6.45) is 0. The molecule has 0 aromatic heterocycles. The van der Waals surface area contributed by atoms with Gasteiger partial charge in [-0.15, -0.1) is 0 Å². The molecule has 1 aromatic carbocycles. The predicted molar refractivity (Wildman–Crippen MR) is 33.7 cm³/mol. The lowest BCUT2D eigenvalue weighted by Crippen LogP contribution is -1.88. The van der Waals surface area contributed by atoms with Crippen LogP contribution >= 0.6 is 0 Å². The van der Waals surface area contributed by atoms with E-state index in [1.54, 1.807) is 6.07 Å². The summed E-state index contributed by atoms with van der Waals surface area (Å²) in [6.45, 7) is 0.647. The predicted octanol–water partition coefficient (Wildman–Crippen LogP) is 1.75. The highest BCUT2D eigenvalue weighted by Gasteiger charge is 2.08. The van der Waals surface area contributed by atoms with Crippen molar-refractivity contribution in [2.24, 2.45) is 0 Å². The highest BCUT2D eigenvalue weighted by Crippen LogP contribution is 2.21. The van der Waals surface area contributed by atoms with Crippen LogP contribution in [0, 0.1) is 5.82 Å². The molecule has 46 valence electrons. The van der Waals surface area contributed by atoms with Crippen LogP contribution in [-0.2, 0) is 6.54 Å². The van der Waals surface area contributed by atoms with Crippen LogP contribution in [0.5, 0.6) is 0 Å². The van der Waals surface area contributed by atoms with Crippen molar-refractivity contribution in [1.29, 1.82) is 0 Å². The summed E-state index contributed by atoms with van der Waals surface area (Å²) in [5.74, 6) is -0.108. The third kappa shape index (κ3) is 0.593. The topological polar surface area (TPSA) is 12.0 Å². The number of benzene rings is 1. The highest BCUT2D eigenvalue weighted by atomic mass is 19.1. The lowest BCUT2D eigenvalue weighted by Gasteiger charge is -1.87. The molecule has 1 aliphatic rings. The quantitative estimate of drug-likeness (QED) is 0.554. The summed E-state index contributed by atoms with van der Waals surface area (Å²) in [6, 6.07) is 5.06. The largest absolute Gasteiger partial charge is 0.381 e. The van der Waals surface area contributed by atoms with E-state index >= 15 is 0 Å². The fraction of sp³-hybridized carbons (Fsp3) is 0.143. The van der Waals surface area contributed by atoms with Gasteiger partial charge in [-0.25, -0.2) is 4.39 Å². The minimum Gasteiger partial charge on any atom is -0.381 e. The van der Waals surface area contributed by atoms with Crippen LogP contribution < -0.4 is 5.32 Å². The molecule has 1 aliphatic heterocycles. The van der Waals surface area contributed by atoms with Crippen molar-refractivity contribution < 1.29 is 4.39 Å². The first-order valence-corrected chi connectivity index (χ1v) is 2.88. The molecule has 0 spiro atoms. The van der Waals surface area contributed by atoms with Gasteiger partial charge in [-0.05, 0) is 18.2 Å². The Morgan fingerprint density at radius 2 is 2.33 bits per heavy atom. The summed E-state index contributed by atoms with van der Waals surface area (Å²) in [4.78, 5) is 0. The standard InChI is InChI=1S/C7H6FN/c8-7-2-1-6-3-5(7)4-9-6/h1-3,9H,4H2. The van der Waals surface area contributed by atoms with E-state index in [0.29, 0.717) is 6.54 Å². The molecule has 0 amide bonds. The van der Waals surface area contributed by atoms with E-state index in [-0.39, 0.29) is 5.82 Å². The number of halogens is 1. The van der Waals surface area contributed by atoms with Gasteiger partial charge in [0.05, 0.1) is 0 Å². The molecule has 1 nitrogen and oxygen atoms in total. The van der Waals surface area contributed by atoms with Crippen LogP contribution in [0.1, 0.15) is 5.56 Å². The Morgan fingerprint density at radius 3 is 3.11 bits per heavy atom. The van der Waals surface area contributed by atoms with Gasteiger partial charge in [0, 0.05) is 17.8 Å². The number of nitrogens with one attached hydrogen (secondary N) is 1. The Balaban J connectivity index is 2.65. The monoisotopic (exact) mass is 123 g/mol. The molecule has 0 saturated heterocycles. The summed E-state index contributed by atoms with van der Waals surface area (Å²) < 4.78 is 12.6. The molecule has 0 saturated carbocycles. The average molecular weight is 123 g/mol. The van der Waals surface area contributed by atoms with Gasteiger partial charge in [0.15, 0.2) is 0 Å². The molecule has 0 fully saturated rings. The Labute approximate surface area is 52.5 Å². The molecule has 2 rings (SSSR count). The van der Waals surface area contributed by atoms with Gasteiger partial charge in [0.2, 0.25) is 0 Å². The van der Waals surface area contributed by atoms with E-state index in [1.165, 1.54) is 6.07 Å². The van der Waals surface area contributed by atoms with Gasteiger partial charge >= 0.3 is 0 Å². The molecule has 9 heavy (non-hydrogen) atoms. The van der Waals surface area contributed by atoms with Gasteiger partial charge in [0.25, 0.3) is 0 Å². The third-order valence-corrected chi connectivity index (χ3v) is 1.53. The zero-order valence-corrected chi connectivity index (χ0v) is 4.82. The van der Waals surface area contributed by atoms with E-state index in [0.717, 1.165) is 11.3 Å². The van der Waals surface area contributed by atoms with Crippen molar-refractivity contribution >= 4 is 5.69 Å². The summed E-state index contributed by atoms with van der Waals surface area (Å²) in [5.41, 5.74) is 1.79. The van der Waals surface area contributed by atoms with E-state index in [9.17, 15) is 4.39 Å². The first kappa shape index (κ1) is 4.79. The van der Waals surface area contributed by atoms with Crippen molar-refractivity contribution in [3.8, 4) is 0 Å². The van der Waals surface area contributed by atoms with Gasteiger partial charge in [-0.3, -0.25) is 0 Å². The van der Waals surface area contributed by atoms with Crippen LogP contribution in [0.15, 0.2) is 18.2 Å². The SMILES string of the molecule is Fc1ccc2cc1CN2. The number of hydrogen-bond acceptors (Lipinski definition) is 1. The highest BCUT2D eigenvalue weighted by molar-refractivity contribution is 5.51. The second-order valence-electron chi connectivity index (χ2n) is 2.16. The molecule has 0 unspecified atom stereocenters. The second kappa shape index (κ2) is 1.47. The van der Waals surface area contributed by atoms with E-state index < -0.39 is 0 Å². The molecule has 0 aliphatic carbocycles. The maximum Gasteiger partial charge on any atom is 0.128 e. The Bertz CT molecular complexity index is 245. The van der Waals surface area contributed by atoms with Crippen LogP contribution in [0.2, 0.25) is 0 Å². The molecule has 0 atom stereocenters. The summed E-state index contributed by atoms with van der Waals surface area (Å²) >= 11 is 0. The van der Waals surface area contributed by atoms with Crippen molar-refractivity contribution in [2.75, 3.05) is 5.32 Å². The molecule has 1 heterocycles. The van der Waals surface area contributed by atoms with Gasteiger partial charge in [-0.2, -0.15) is 0 Å². The van der Waals surface area contributed by atoms with E-state index in [2.05, 4.69) is 5.32 Å². The first-order chi connectivity index (χ1) is 4.36. The van der Waals surface area contributed by atoms with Crippen LogP contribution in [0.4, 0.5) is 10.1 Å².